The molecular formula is C34H20N2S. The van der Waals surface area contributed by atoms with Crippen molar-refractivity contribution in [2.45, 2.75) is 0 Å². The van der Waals surface area contributed by atoms with E-state index in [4.69, 9.17) is 6.57 Å². The van der Waals surface area contributed by atoms with Gasteiger partial charge < -0.3 is 4.85 Å². The Balaban J connectivity index is 1.44. The number of hydrogen-bond acceptors (Lipinski definition) is 2. The van der Waals surface area contributed by atoms with Crippen LogP contribution in [0.3, 0.4) is 0 Å². The van der Waals surface area contributed by atoms with E-state index in [0.29, 0.717) is 5.82 Å². The molecule has 2 heterocycles. The van der Waals surface area contributed by atoms with E-state index in [0.717, 1.165) is 11.1 Å². The zero-order valence-electron chi connectivity index (χ0n) is 19.8. The number of rotatable bonds is 3. The van der Waals surface area contributed by atoms with E-state index in [1.807, 2.05) is 23.5 Å². The van der Waals surface area contributed by atoms with Crippen molar-refractivity contribution >= 4 is 48.1 Å². The van der Waals surface area contributed by atoms with Gasteiger partial charge in [-0.25, -0.2) is 0 Å². The highest BCUT2D eigenvalue weighted by Gasteiger charge is 2.14. The average molecular weight is 489 g/mol. The van der Waals surface area contributed by atoms with Gasteiger partial charge in [0.05, 0.1) is 0 Å². The highest BCUT2D eigenvalue weighted by Crippen LogP contribution is 2.44. The Morgan fingerprint density at radius 3 is 2.14 bits per heavy atom. The molecule has 37 heavy (non-hydrogen) atoms. The van der Waals surface area contributed by atoms with E-state index in [9.17, 15) is 0 Å². The molecular weight excluding hydrogens is 468 g/mol. The molecule has 5 aromatic carbocycles. The van der Waals surface area contributed by atoms with Crippen molar-refractivity contribution in [2.24, 2.45) is 0 Å². The molecule has 0 atom stereocenters. The number of fused-ring (bicyclic) bond motifs is 5. The van der Waals surface area contributed by atoms with Gasteiger partial charge >= 0.3 is 0 Å². The van der Waals surface area contributed by atoms with Crippen LogP contribution in [-0.2, 0) is 0 Å². The van der Waals surface area contributed by atoms with Crippen LogP contribution in [0.4, 0.5) is 5.82 Å². The van der Waals surface area contributed by atoms with Gasteiger partial charge in [-0.2, -0.15) is 0 Å². The molecule has 172 valence electrons. The molecule has 3 heteroatoms. The molecule has 0 aliphatic carbocycles. The maximum Gasteiger partial charge on any atom is 0.270 e. The van der Waals surface area contributed by atoms with Crippen LogP contribution < -0.4 is 0 Å². The first-order chi connectivity index (χ1) is 18.3. The van der Waals surface area contributed by atoms with Crippen molar-refractivity contribution in [1.29, 1.82) is 0 Å². The fourth-order valence-corrected chi connectivity index (χ4v) is 6.42. The third kappa shape index (κ3) is 3.67. The molecule has 2 aromatic heterocycles. The maximum atomic E-state index is 7.32. The number of nitrogens with zero attached hydrogens (tertiary/aromatic N) is 2. The molecule has 0 unspecified atom stereocenters. The van der Waals surface area contributed by atoms with E-state index in [1.165, 1.54) is 53.2 Å². The van der Waals surface area contributed by atoms with Crippen LogP contribution in [0.25, 0.3) is 69.2 Å². The predicted octanol–water partition coefficient (Wildman–Crippen LogP) is 10.2. The number of pyridine rings is 1. The van der Waals surface area contributed by atoms with Crippen LogP contribution in [0.2, 0.25) is 0 Å². The topological polar surface area (TPSA) is 17.2 Å². The van der Waals surface area contributed by atoms with Crippen LogP contribution >= 0.6 is 11.3 Å². The van der Waals surface area contributed by atoms with E-state index >= 15 is 0 Å². The number of benzene rings is 5. The van der Waals surface area contributed by atoms with Crippen LogP contribution in [0.15, 0.2) is 121 Å². The van der Waals surface area contributed by atoms with Crippen LogP contribution in [0.5, 0.6) is 0 Å². The van der Waals surface area contributed by atoms with Gasteiger partial charge in [0, 0.05) is 20.2 Å². The molecule has 0 fully saturated rings. The molecule has 0 N–H and O–H groups in total. The molecule has 0 saturated carbocycles. The third-order valence-electron chi connectivity index (χ3n) is 6.95. The van der Waals surface area contributed by atoms with Crippen molar-refractivity contribution < 1.29 is 0 Å². The fraction of sp³-hybridized carbons (Fsp3) is 0. The van der Waals surface area contributed by atoms with Crippen molar-refractivity contribution in [3.05, 3.63) is 133 Å². The summed E-state index contributed by atoms with van der Waals surface area (Å²) < 4.78 is 2.59. The minimum atomic E-state index is 0.412. The van der Waals surface area contributed by atoms with Crippen LogP contribution in [0.1, 0.15) is 0 Å². The summed E-state index contributed by atoms with van der Waals surface area (Å²) in [4.78, 5) is 7.63. The monoisotopic (exact) mass is 488 g/mol. The van der Waals surface area contributed by atoms with E-state index < -0.39 is 0 Å². The Bertz CT molecular complexity index is 1990. The highest BCUT2D eigenvalue weighted by atomic mass is 32.1. The molecule has 0 bridgehead atoms. The summed E-state index contributed by atoms with van der Waals surface area (Å²) in [6.45, 7) is 7.32. The first kappa shape index (κ1) is 21.5. The summed E-state index contributed by atoms with van der Waals surface area (Å²) in [7, 11) is 0. The Labute approximate surface area is 218 Å². The van der Waals surface area contributed by atoms with Gasteiger partial charge in [-0.05, 0) is 74.5 Å². The minimum Gasteiger partial charge on any atom is -0.361 e. The molecule has 0 spiro atoms. The quantitative estimate of drug-likeness (QED) is 0.226. The second-order valence-corrected chi connectivity index (χ2v) is 10.2. The van der Waals surface area contributed by atoms with Gasteiger partial charge in [0.25, 0.3) is 5.82 Å². The summed E-state index contributed by atoms with van der Waals surface area (Å²) in [5.74, 6) is 0.412. The molecule has 7 rings (SSSR count). The van der Waals surface area contributed by atoms with Gasteiger partial charge in [0.1, 0.15) is 6.20 Å². The van der Waals surface area contributed by atoms with E-state index in [1.54, 1.807) is 6.20 Å². The van der Waals surface area contributed by atoms with Crippen molar-refractivity contribution in [3.63, 3.8) is 0 Å². The van der Waals surface area contributed by atoms with Gasteiger partial charge in [-0.15, -0.1) is 16.3 Å². The van der Waals surface area contributed by atoms with Crippen LogP contribution in [0, 0.1) is 6.57 Å². The molecule has 7 aromatic rings. The number of aromatic nitrogens is 1. The van der Waals surface area contributed by atoms with Crippen LogP contribution in [-0.4, -0.2) is 4.98 Å². The molecule has 0 aliphatic heterocycles. The lowest BCUT2D eigenvalue weighted by Crippen LogP contribution is -1.85. The molecule has 0 radical (unpaired) electrons. The third-order valence-corrected chi connectivity index (χ3v) is 8.05. The largest absolute Gasteiger partial charge is 0.361 e. The number of hydrogen-bond donors (Lipinski definition) is 0. The zero-order chi connectivity index (χ0) is 24.8. The Hall–Kier alpha value is -4.78. The Kier molecular flexibility index (Phi) is 5.06. The lowest BCUT2D eigenvalue weighted by Gasteiger charge is -2.11. The fourth-order valence-electron chi connectivity index (χ4n) is 5.21. The molecule has 0 saturated heterocycles. The number of thiophene rings is 1. The zero-order valence-corrected chi connectivity index (χ0v) is 20.7. The molecule has 2 nitrogen and oxygen atoms in total. The Morgan fingerprint density at radius 1 is 0.541 bits per heavy atom. The van der Waals surface area contributed by atoms with Crippen molar-refractivity contribution in [3.8, 4) is 33.4 Å². The first-order valence-electron chi connectivity index (χ1n) is 12.2. The summed E-state index contributed by atoms with van der Waals surface area (Å²) in [6.07, 6.45) is 1.71. The van der Waals surface area contributed by atoms with Gasteiger partial charge in [-0.1, -0.05) is 91.5 Å². The van der Waals surface area contributed by atoms with E-state index in [2.05, 4.69) is 113 Å². The smallest absolute Gasteiger partial charge is 0.270 e. The standard InChI is InChI=1S/C34H20N2S/c1-35-33-20-25(16-17-36-33)23-10-7-11-26(18-23)30-21-32-34(28-13-6-5-12-27(28)30)29-15-14-24(19-31(29)37-32)22-8-3-2-4-9-22/h2-21H. The molecule has 0 amide bonds. The van der Waals surface area contributed by atoms with Crippen molar-refractivity contribution in [1.82, 2.24) is 4.98 Å². The summed E-state index contributed by atoms with van der Waals surface area (Å²) in [5, 5.41) is 5.15. The van der Waals surface area contributed by atoms with Gasteiger partial charge in [0.2, 0.25) is 0 Å². The lowest BCUT2D eigenvalue weighted by molar-refractivity contribution is 1.35. The molecule has 0 aliphatic rings. The second kappa shape index (κ2) is 8.71. The predicted molar refractivity (Wildman–Crippen MR) is 157 cm³/mol. The second-order valence-electron chi connectivity index (χ2n) is 9.12. The van der Waals surface area contributed by atoms with Gasteiger partial charge in [-0.3, -0.25) is 0 Å². The SMILES string of the molecule is [C-]#[N+]c1cc(-c2cccc(-c3cc4sc5cc(-c6ccccc6)ccc5c4c4ccccc34)c2)ccn1. The summed E-state index contributed by atoms with van der Waals surface area (Å²) in [5.41, 5.74) is 6.95. The Morgan fingerprint density at radius 2 is 1.27 bits per heavy atom. The summed E-state index contributed by atoms with van der Waals surface area (Å²) in [6, 6.07) is 40.9. The van der Waals surface area contributed by atoms with Crippen molar-refractivity contribution in [2.75, 3.05) is 0 Å². The normalized spacial score (nSPS) is 11.2. The maximum absolute atomic E-state index is 7.32. The lowest BCUT2D eigenvalue weighted by atomic mass is 9.93. The van der Waals surface area contributed by atoms with Gasteiger partial charge in [0.15, 0.2) is 0 Å². The summed E-state index contributed by atoms with van der Waals surface area (Å²) >= 11 is 1.86. The first-order valence-corrected chi connectivity index (χ1v) is 13.0. The van der Waals surface area contributed by atoms with E-state index in [-0.39, 0.29) is 0 Å². The average Bonchev–Trinajstić information content (AvgIpc) is 3.35. The highest BCUT2D eigenvalue weighted by molar-refractivity contribution is 7.26. The minimum absolute atomic E-state index is 0.412.